The highest BCUT2D eigenvalue weighted by Gasteiger charge is 2.32. The first kappa shape index (κ1) is 29.8. The number of aliphatic hydroxyl groups excluding tert-OH is 1. The number of ether oxygens (including phenoxy) is 3. The van der Waals surface area contributed by atoms with Crippen molar-refractivity contribution < 1.29 is 24.1 Å². The highest BCUT2D eigenvalue weighted by atomic mass is 32.2. The number of nitrogens with zero attached hydrogens (tertiary/aromatic N) is 2. The molecule has 1 aliphatic heterocycles. The maximum atomic E-state index is 12.8. The predicted molar refractivity (Wildman–Crippen MR) is 169 cm³/mol. The van der Waals surface area contributed by atoms with Gasteiger partial charge in [-0.3, -0.25) is 9.78 Å². The Balaban J connectivity index is 1.14. The zero-order chi connectivity index (χ0) is 30.3. The monoisotopic (exact) mass is 607 g/mol. The van der Waals surface area contributed by atoms with Gasteiger partial charge in [0.1, 0.15) is 11.4 Å². The molecule has 1 aliphatic rings. The zero-order valence-corrected chi connectivity index (χ0v) is 25.1. The highest BCUT2D eigenvalue weighted by Crippen LogP contribution is 2.40. The van der Waals surface area contributed by atoms with Crippen molar-refractivity contribution in [3.05, 3.63) is 131 Å². The number of para-hydroxylation sites is 3. The number of benzene rings is 4. The topological polar surface area (TPSA) is 103 Å². The molecule has 44 heavy (non-hydrogen) atoms. The van der Waals surface area contributed by atoms with Gasteiger partial charge in [0.15, 0.2) is 6.29 Å². The minimum absolute atomic E-state index is 0.00181. The molecule has 6 rings (SSSR count). The summed E-state index contributed by atoms with van der Waals surface area (Å²) in [4.78, 5) is 22.6. The van der Waals surface area contributed by atoms with Gasteiger partial charge in [0, 0.05) is 29.2 Å². The molecule has 1 saturated heterocycles. The number of rotatable bonds is 10. The molecule has 2 heterocycles. The Morgan fingerprint density at radius 1 is 0.909 bits per heavy atom. The Kier molecular flexibility index (Phi) is 9.48. The van der Waals surface area contributed by atoms with E-state index in [2.05, 4.69) is 21.4 Å². The van der Waals surface area contributed by atoms with E-state index in [1.165, 1.54) is 6.20 Å². The van der Waals surface area contributed by atoms with Crippen LogP contribution in [0, 0.1) is 0 Å². The molecule has 5 aromatic rings. The summed E-state index contributed by atoms with van der Waals surface area (Å²) in [6.07, 6.45) is 1.37. The molecule has 0 radical (unpaired) electrons. The number of methoxy groups -OCH3 is 1. The molecular formula is C35H33N3O5S. The largest absolute Gasteiger partial charge is 0.496 e. The summed E-state index contributed by atoms with van der Waals surface area (Å²) >= 11 is 1.70. The number of thioether (sulfide) groups is 1. The lowest BCUT2D eigenvalue weighted by molar-refractivity contribution is -0.245. The molecule has 0 saturated carbocycles. The summed E-state index contributed by atoms with van der Waals surface area (Å²) in [5.41, 5.74) is 5.43. The maximum absolute atomic E-state index is 12.8. The number of nitrogens with one attached hydrogen (secondary N) is 1. The van der Waals surface area contributed by atoms with Crippen molar-refractivity contribution in [1.29, 1.82) is 0 Å². The summed E-state index contributed by atoms with van der Waals surface area (Å²) in [6, 6.07) is 31.2. The predicted octanol–water partition coefficient (Wildman–Crippen LogP) is 6.40. The van der Waals surface area contributed by atoms with Gasteiger partial charge in [-0.25, -0.2) is 4.98 Å². The summed E-state index contributed by atoms with van der Waals surface area (Å²) < 4.78 is 18.5. The van der Waals surface area contributed by atoms with Gasteiger partial charge in [-0.15, -0.1) is 11.8 Å². The SMILES string of the molecule is COc1ccccc1SCC1CC(c2ccc(CO)cc2)OC(c2ccc(CNC(=O)c3cnc4ccccc4n3)cc2)O1. The van der Waals surface area contributed by atoms with E-state index in [0.717, 1.165) is 44.2 Å². The molecule has 1 fully saturated rings. The summed E-state index contributed by atoms with van der Waals surface area (Å²) in [5.74, 6) is 1.29. The van der Waals surface area contributed by atoms with Crippen molar-refractivity contribution in [3.8, 4) is 5.75 Å². The fourth-order valence-corrected chi connectivity index (χ4v) is 6.12. The van der Waals surface area contributed by atoms with Crippen molar-refractivity contribution >= 4 is 28.7 Å². The third-order valence-electron chi connectivity index (χ3n) is 7.49. The first-order valence-corrected chi connectivity index (χ1v) is 15.4. The van der Waals surface area contributed by atoms with Crippen LogP contribution in [0.15, 0.2) is 108 Å². The van der Waals surface area contributed by atoms with Gasteiger partial charge in [-0.1, -0.05) is 72.8 Å². The van der Waals surface area contributed by atoms with Gasteiger partial charge in [0.2, 0.25) is 0 Å². The molecular weight excluding hydrogens is 574 g/mol. The fraction of sp³-hybridized carbons (Fsp3) is 0.229. The van der Waals surface area contributed by atoms with Gasteiger partial charge in [-0.05, 0) is 41.0 Å². The van der Waals surface area contributed by atoms with Crippen LogP contribution < -0.4 is 10.1 Å². The van der Waals surface area contributed by atoms with Crippen LogP contribution in [0.2, 0.25) is 0 Å². The molecule has 0 aliphatic carbocycles. The molecule has 0 bridgehead atoms. The van der Waals surface area contributed by atoms with Crippen LogP contribution in [0.25, 0.3) is 11.0 Å². The van der Waals surface area contributed by atoms with Crippen molar-refractivity contribution in [2.45, 2.75) is 43.0 Å². The number of carbonyl (C=O) groups is 1. The second-order valence-electron chi connectivity index (χ2n) is 10.5. The van der Waals surface area contributed by atoms with Crippen LogP contribution >= 0.6 is 11.8 Å². The van der Waals surface area contributed by atoms with Gasteiger partial charge in [0.05, 0.1) is 43.2 Å². The number of aliphatic hydroxyl groups is 1. The minimum Gasteiger partial charge on any atom is -0.496 e. The Labute approximate surface area is 260 Å². The molecule has 0 spiro atoms. The number of carbonyl (C=O) groups excluding carboxylic acids is 1. The number of fused-ring (bicyclic) bond motifs is 1. The first-order chi connectivity index (χ1) is 21.6. The smallest absolute Gasteiger partial charge is 0.271 e. The quantitative estimate of drug-likeness (QED) is 0.176. The fourth-order valence-electron chi connectivity index (χ4n) is 5.08. The van der Waals surface area contributed by atoms with E-state index in [1.807, 2.05) is 91.0 Å². The second-order valence-corrected chi connectivity index (χ2v) is 11.5. The molecule has 8 nitrogen and oxygen atoms in total. The van der Waals surface area contributed by atoms with E-state index in [-0.39, 0.29) is 30.4 Å². The van der Waals surface area contributed by atoms with E-state index in [0.29, 0.717) is 18.5 Å². The van der Waals surface area contributed by atoms with E-state index < -0.39 is 6.29 Å². The summed E-state index contributed by atoms with van der Waals surface area (Å²) in [5, 5.41) is 12.4. The van der Waals surface area contributed by atoms with E-state index >= 15 is 0 Å². The van der Waals surface area contributed by atoms with E-state index in [9.17, 15) is 9.90 Å². The normalized spacial score (nSPS) is 18.2. The maximum Gasteiger partial charge on any atom is 0.271 e. The zero-order valence-electron chi connectivity index (χ0n) is 24.3. The van der Waals surface area contributed by atoms with Crippen LogP contribution in [0.4, 0.5) is 0 Å². The number of aromatic nitrogens is 2. The first-order valence-electron chi connectivity index (χ1n) is 14.4. The Bertz CT molecular complexity index is 1710. The van der Waals surface area contributed by atoms with Crippen molar-refractivity contribution in [1.82, 2.24) is 15.3 Å². The van der Waals surface area contributed by atoms with Crippen LogP contribution in [-0.4, -0.2) is 39.9 Å². The van der Waals surface area contributed by atoms with Crippen LogP contribution in [0.1, 0.15) is 51.6 Å². The average Bonchev–Trinajstić information content (AvgIpc) is 3.09. The Hall–Kier alpha value is -4.28. The lowest BCUT2D eigenvalue weighted by Crippen LogP contribution is -2.31. The number of amides is 1. The van der Waals surface area contributed by atoms with Crippen molar-refractivity contribution in [3.63, 3.8) is 0 Å². The Morgan fingerprint density at radius 2 is 1.61 bits per heavy atom. The minimum atomic E-state index is -0.564. The molecule has 224 valence electrons. The molecule has 3 unspecified atom stereocenters. The number of hydrogen-bond donors (Lipinski definition) is 2. The molecule has 4 aromatic carbocycles. The summed E-state index contributed by atoms with van der Waals surface area (Å²) in [6.45, 7) is 0.343. The Morgan fingerprint density at radius 3 is 2.39 bits per heavy atom. The second kappa shape index (κ2) is 14.0. The van der Waals surface area contributed by atoms with Gasteiger partial charge < -0.3 is 24.6 Å². The molecule has 3 atom stereocenters. The standard InChI is InChI=1S/C35H33N3O5S/c1-41-31-8-4-5-9-33(31)44-22-27-18-32(25-14-12-24(21-39)13-15-25)43-35(42-27)26-16-10-23(11-17-26)19-37-34(40)30-20-36-28-6-2-3-7-29(28)38-30/h2-17,20,27,32,35,39H,18-19,21-22H2,1H3,(H,37,40). The third kappa shape index (κ3) is 7.09. The van der Waals surface area contributed by atoms with Gasteiger partial charge in [-0.2, -0.15) is 0 Å². The molecule has 9 heteroatoms. The van der Waals surface area contributed by atoms with Crippen molar-refractivity contribution in [2.24, 2.45) is 0 Å². The van der Waals surface area contributed by atoms with Gasteiger partial charge in [0.25, 0.3) is 5.91 Å². The third-order valence-corrected chi connectivity index (χ3v) is 8.68. The molecule has 1 aromatic heterocycles. The van der Waals surface area contributed by atoms with E-state index in [4.69, 9.17) is 14.2 Å². The summed E-state index contributed by atoms with van der Waals surface area (Å²) in [7, 11) is 1.68. The van der Waals surface area contributed by atoms with Crippen LogP contribution in [0.5, 0.6) is 5.75 Å². The van der Waals surface area contributed by atoms with E-state index in [1.54, 1.807) is 18.9 Å². The van der Waals surface area contributed by atoms with Crippen LogP contribution in [0.3, 0.4) is 0 Å². The lowest BCUT2D eigenvalue weighted by Gasteiger charge is -2.36. The number of hydrogen-bond acceptors (Lipinski definition) is 8. The van der Waals surface area contributed by atoms with Gasteiger partial charge >= 0.3 is 0 Å². The average molecular weight is 608 g/mol. The van der Waals surface area contributed by atoms with Crippen LogP contribution in [-0.2, 0) is 22.6 Å². The molecule has 1 amide bonds. The highest BCUT2D eigenvalue weighted by molar-refractivity contribution is 7.99. The van der Waals surface area contributed by atoms with Crippen molar-refractivity contribution in [2.75, 3.05) is 12.9 Å². The lowest BCUT2D eigenvalue weighted by atomic mass is 10.0. The molecule has 2 N–H and O–H groups in total.